The molecule has 0 bridgehead atoms. The number of benzene rings is 4. The molecule has 0 atom stereocenters. The van der Waals surface area contributed by atoms with Crippen LogP contribution in [-0.4, -0.2) is 4.98 Å². The molecule has 0 aliphatic heterocycles. The highest BCUT2D eigenvalue weighted by molar-refractivity contribution is 6.10. The number of rotatable bonds is 2. The van der Waals surface area contributed by atoms with Gasteiger partial charge in [0, 0.05) is 27.3 Å². The maximum absolute atomic E-state index is 7.35. The van der Waals surface area contributed by atoms with E-state index < -0.39 is 0 Å². The molecule has 0 saturated heterocycles. The lowest BCUT2D eigenvalue weighted by Gasteiger charge is -2.04. The molecule has 0 unspecified atom stereocenters. The third-order valence-corrected chi connectivity index (χ3v) is 5.71. The first-order valence-corrected chi connectivity index (χ1v) is 10.1. The first kappa shape index (κ1) is 17.4. The van der Waals surface area contributed by atoms with Crippen molar-refractivity contribution < 1.29 is 4.42 Å². The number of hydrogen-bond donors (Lipinski definition) is 0. The molecule has 0 radical (unpaired) electrons. The Morgan fingerprint density at radius 3 is 2.39 bits per heavy atom. The van der Waals surface area contributed by atoms with E-state index in [1.54, 1.807) is 0 Å². The summed E-state index contributed by atoms with van der Waals surface area (Å²) in [6, 6.07) is 32.4. The normalized spacial score (nSPS) is 11.2. The molecule has 0 aliphatic rings. The van der Waals surface area contributed by atoms with Crippen LogP contribution in [0.2, 0.25) is 0 Å². The van der Waals surface area contributed by atoms with Gasteiger partial charge in [-0.25, -0.2) is 9.83 Å². The van der Waals surface area contributed by atoms with Crippen LogP contribution >= 0.6 is 0 Å². The molecule has 0 fully saturated rings. The highest BCUT2D eigenvalue weighted by Crippen LogP contribution is 2.37. The fourth-order valence-corrected chi connectivity index (χ4v) is 4.20. The minimum Gasteiger partial charge on any atom is -0.455 e. The molecule has 0 saturated carbocycles. The largest absolute Gasteiger partial charge is 0.455 e. The van der Waals surface area contributed by atoms with Crippen molar-refractivity contribution in [2.45, 2.75) is 0 Å². The third-order valence-electron chi connectivity index (χ3n) is 5.71. The fourth-order valence-electron chi connectivity index (χ4n) is 4.20. The molecule has 144 valence electrons. The summed E-state index contributed by atoms with van der Waals surface area (Å²) in [6.45, 7) is 7.35. The van der Waals surface area contributed by atoms with Crippen LogP contribution in [0.15, 0.2) is 101 Å². The number of nitrogens with zero attached hydrogens (tertiary/aromatic N) is 2. The second-order valence-electron chi connectivity index (χ2n) is 7.51. The Morgan fingerprint density at radius 2 is 1.52 bits per heavy atom. The average molecular weight is 396 g/mol. The van der Waals surface area contributed by atoms with Gasteiger partial charge in [0.2, 0.25) is 0 Å². The highest BCUT2D eigenvalue weighted by Gasteiger charge is 2.13. The van der Waals surface area contributed by atoms with Gasteiger partial charge in [0.15, 0.2) is 5.69 Å². The third kappa shape index (κ3) is 2.78. The predicted octanol–water partition coefficient (Wildman–Crippen LogP) is 8.02. The van der Waals surface area contributed by atoms with E-state index in [1.165, 1.54) is 0 Å². The smallest absolute Gasteiger partial charge is 0.196 e. The zero-order valence-electron chi connectivity index (χ0n) is 16.5. The van der Waals surface area contributed by atoms with E-state index in [0.717, 1.165) is 55.2 Å². The number of aromatic nitrogens is 1. The van der Waals surface area contributed by atoms with Crippen LogP contribution in [-0.2, 0) is 0 Å². The van der Waals surface area contributed by atoms with Gasteiger partial charge >= 0.3 is 0 Å². The lowest BCUT2D eigenvalue weighted by atomic mass is 10.0. The van der Waals surface area contributed by atoms with E-state index in [4.69, 9.17) is 16.0 Å². The Morgan fingerprint density at radius 1 is 0.677 bits per heavy atom. The van der Waals surface area contributed by atoms with Crippen molar-refractivity contribution in [3.05, 3.63) is 108 Å². The Kier molecular flexibility index (Phi) is 3.84. The van der Waals surface area contributed by atoms with Crippen LogP contribution in [0, 0.1) is 6.57 Å². The van der Waals surface area contributed by atoms with Gasteiger partial charge in [0.1, 0.15) is 11.2 Å². The number of pyridine rings is 1. The second kappa shape index (κ2) is 6.83. The van der Waals surface area contributed by atoms with Crippen molar-refractivity contribution in [3.63, 3.8) is 0 Å². The summed E-state index contributed by atoms with van der Waals surface area (Å²) in [5.74, 6) is 0. The van der Waals surface area contributed by atoms with E-state index in [2.05, 4.69) is 53.4 Å². The molecule has 3 nitrogen and oxygen atoms in total. The molecule has 0 aliphatic carbocycles. The van der Waals surface area contributed by atoms with Crippen molar-refractivity contribution in [3.8, 4) is 22.4 Å². The van der Waals surface area contributed by atoms with Crippen LogP contribution in [0.1, 0.15) is 0 Å². The predicted molar refractivity (Wildman–Crippen MR) is 126 cm³/mol. The van der Waals surface area contributed by atoms with Gasteiger partial charge in [-0.05, 0) is 29.8 Å². The van der Waals surface area contributed by atoms with Gasteiger partial charge in [-0.1, -0.05) is 72.8 Å². The molecular weight excluding hydrogens is 380 g/mol. The number of hydrogen-bond acceptors (Lipinski definition) is 2. The lowest BCUT2D eigenvalue weighted by Crippen LogP contribution is -1.85. The molecule has 6 rings (SSSR count). The molecule has 3 heteroatoms. The summed E-state index contributed by atoms with van der Waals surface area (Å²) < 4.78 is 6.36. The van der Waals surface area contributed by atoms with Gasteiger partial charge in [-0.2, -0.15) is 0 Å². The Bertz CT molecular complexity index is 1640. The standard InChI is InChI=1S/C28H16N2O/c1-29-25-11-6-12-26-23(25)15-16-24(30-26)19-13-14-21-22-10-5-9-20(18-7-3-2-4-8-18)28(22)31-27(21)17-19/h2-17H. The summed E-state index contributed by atoms with van der Waals surface area (Å²) in [4.78, 5) is 8.39. The molecule has 4 aromatic carbocycles. The van der Waals surface area contributed by atoms with Gasteiger partial charge in [-0.15, -0.1) is 0 Å². The first-order valence-electron chi connectivity index (χ1n) is 10.1. The zero-order chi connectivity index (χ0) is 20.8. The minimum absolute atomic E-state index is 0.623. The number of fused-ring (bicyclic) bond motifs is 4. The van der Waals surface area contributed by atoms with E-state index in [1.807, 2.05) is 48.5 Å². The topological polar surface area (TPSA) is 30.4 Å². The van der Waals surface area contributed by atoms with E-state index in [9.17, 15) is 0 Å². The number of furan rings is 1. The Labute approximate surface area is 179 Å². The molecule has 6 aromatic rings. The maximum Gasteiger partial charge on any atom is 0.196 e. The summed E-state index contributed by atoms with van der Waals surface area (Å²) in [7, 11) is 0. The van der Waals surface area contributed by atoms with Crippen molar-refractivity contribution in [2.24, 2.45) is 0 Å². The van der Waals surface area contributed by atoms with Gasteiger partial charge in [0.25, 0.3) is 0 Å². The summed E-state index contributed by atoms with van der Waals surface area (Å²) >= 11 is 0. The van der Waals surface area contributed by atoms with Crippen LogP contribution in [0.25, 0.3) is 60.1 Å². The molecule has 0 amide bonds. The molecule has 0 spiro atoms. The first-order chi connectivity index (χ1) is 15.3. The summed E-state index contributed by atoms with van der Waals surface area (Å²) in [5, 5.41) is 3.07. The van der Waals surface area contributed by atoms with Gasteiger partial charge in [0.05, 0.1) is 17.8 Å². The number of para-hydroxylation sites is 1. The SMILES string of the molecule is [C-]#[N+]c1cccc2nc(-c3ccc4c(c3)oc3c(-c5ccccc5)cccc34)ccc12. The van der Waals surface area contributed by atoms with Crippen molar-refractivity contribution in [1.82, 2.24) is 4.98 Å². The quantitative estimate of drug-likeness (QED) is 0.277. The molecule has 2 heterocycles. The van der Waals surface area contributed by atoms with Gasteiger partial charge in [-0.3, -0.25) is 0 Å². The van der Waals surface area contributed by atoms with Crippen molar-refractivity contribution in [1.29, 1.82) is 0 Å². The molecule has 0 N–H and O–H groups in total. The molecule has 2 aromatic heterocycles. The van der Waals surface area contributed by atoms with Crippen LogP contribution in [0.5, 0.6) is 0 Å². The van der Waals surface area contributed by atoms with Crippen LogP contribution in [0.3, 0.4) is 0 Å². The van der Waals surface area contributed by atoms with Crippen LogP contribution < -0.4 is 0 Å². The van der Waals surface area contributed by atoms with E-state index in [0.29, 0.717) is 5.69 Å². The van der Waals surface area contributed by atoms with E-state index >= 15 is 0 Å². The second-order valence-corrected chi connectivity index (χ2v) is 7.51. The Hall–Kier alpha value is -4.42. The maximum atomic E-state index is 7.35. The fraction of sp³-hybridized carbons (Fsp3) is 0. The van der Waals surface area contributed by atoms with Crippen LogP contribution in [0.4, 0.5) is 5.69 Å². The monoisotopic (exact) mass is 396 g/mol. The molecule has 31 heavy (non-hydrogen) atoms. The Balaban J connectivity index is 1.53. The lowest BCUT2D eigenvalue weighted by molar-refractivity contribution is 0.670. The van der Waals surface area contributed by atoms with Crippen molar-refractivity contribution in [2.75, 3.05) is 0 Å². The zero-order valence-corrected chi connectivity index (χ0v) is 16.5. The molecular formula is C28H16N2O. The average Bonchev–Trinajstić information content (AvgIpc) is 3.22. The highest BCUT2D eigenvalue weighted by atomic mass is 16.3. The van der Waals surface area contributed by atoms with E-state index in [-0.39, 0.29) is 0 Å². The van der Waals surface area contributed by atoms with Gasteiger partial charge < -0.3 is 4.42 Å². The minimum atomic E-state index is 0.623. The summed E-state index contributed by atoms with van der Waals surface area (Å²) in [6.07, 6.45) is 0. The summed E-state index contributed by atoms with van der Waals surface area (Å²) in [5.41, 5.74) is 7.26. The van der Waals surface area contributed by atoms with Crippen molar-refractivity contribution >= 4 is 38.5 Å².